The molecule has 1 atom stereocenters. The number of fused-ring (bicyclic) bond motifs is 1. The van der Waals surface area contributed by atoms with Crippen molar-refractivity contribution in [2.45, 2.75) is 19.4 Å². The van der Waals surface area contributed by atoms with Crippen molar-refractivity contribution in [3.8, 4) is 0 Å². The van der Waals surface area contributed by atoms with Crippen LogP contribution in [0.5, 0.6) is 0 Å². The van der Waals surface area contributed by atoms with Gasteiger partial charge in [0.05, 0.1) is 11.0 Å². The summed E-state index contributed by atoms with van der Waals surface area (Å²) in [5, 5.41) is 3.32. The summed E-state index contributed by atoms with van der Waals surface area (Å²) in [6.45, 7) is 2.88. The molecule has 0 radical (unpaired) electrons. The van der Waals surface area contributed by atoms with Gasteiger partial charge in [-0.2, -0.15) is 0 Å². The van der Waals surface area contributed by atoms with Gasteiger partial charge in [0, 0.05) is 19.8 Å². The summed E-state index contributed by atoms with van der Waals surface area (Å²) >= 11 is 0. The van der Waals surface area contributed by atoms with Crippen molar-refractivity contribution in [3.63, 3.8) is 0 Å². The second-order valence-corrected chi connectivity index (χ2v) is 3.93. The molecular formula is C12H17N3O. The number of aromatic amines is 1. The largest absolute Gasteiger partial charge is 0.385 e. The van der Waals surface area contributed by atoms with E-state index in [9.17, 15) is 0 Å². The lowest BCUT2D eigenvalue weighted by atomic mass is 10.2. The molecule has 0 aliphatic rings. The number of imidazole rings is 1. The van der Waals surface area contributed by atoms with Crippen LogP contribution >= 0.6 is 0 Å². The van der Waals surface area contributed by atoms with E-state index in [4.69, 9.17) is 4.74 Å². The molecule has 0 aliphatic heterocycles. The molecule has 4 nitrogen and oxygen atoms in total. The van der Waals surface area contributed by atoms with E-state index in [1.165, 1.54) is 0 Å². The van der Waals surface area contributed by atoms with Crippen LogP contribution in [0.1, 0.15) is 13.3 Å². The molecule has 2 N–H and O–H groups in total. The Balaban J connectivity index is 2.03. The third-order valence-electron chi connectivity index (χ3n) is 2.53. The molecule has 1 heterocycles. The van der Waals surface area contributed by atoms with Crippen molar-refractivity contribution >= 4 is 17.0 Å². The van der Waals surface area contributed by atoms with Gasteiger partial charge in [0.1, 0.15) is 0 Å². The van der Waals surface area contributed by atoms with Gasteiger partial charge < -0.3 is 15.0 Å². The van der Waals surface area contributed by atoms with E-state index in [0.29, 0.717) is 6.04 Å². The fourth-order valence-electron chi connectivity index (χ4n) is 1.62. The highest BCUT2D eigenvalue weighted by Crippen LogP contribution is 2.14. The van der Waals surface area contributed by atoms with Crippen molar-refractivity contribution in [1.82, 2.24) is 9.97 Å². The Morgan fingerprint density at radius 3 is 3.00 bits per heavy atom. The van der Waals surface area contributed by atoms with Crippen molar-refractivity contribution in [1.29, 1.82) is 0 Å². The van der Waals surface area contributed by atoms with Gasteiger partial charge in [-0.25, -0.2) is 4.98 Å². The summed E-state index contributed by atoms with van der Waals surface area (Å²) in [7, 11) is 1.72. The first-order valence-electron chi connectivity index (χ1n) is 5.50. The van der Waals surface area contributed by atoms with Crippen LogP contribution in [-0.2, 0) is 4.74 Å². The minimum Gasteiger partial charge on any atom is -0.385 e. The SMILES string of the molecule is COCCC(C)Nc1nc2ccccc2[nH]1. The van der Waals surface area contributed by atoms with Crippen LogP contribution in [0.2, 0.25) is 0 Å². The van der Waals surface area contributed by atoms with Crippen LogP contribution in [0.3, 0.4) is 0 Å². The van der Waals surface area contributed by atoms with Crippen LogP contribution in [-0.4, -0.2) is 29.7 Å². The molecule has 1 aromatic heterocycles. The topological polar surface area (TPSA) is 49.9 Å². The van der Waals surface area contributed by atoms with Gasteiger partial charge in [0.25, 0.3) is 0 Å². The van der Waals surface area contributed by atoms with Gasteiger partial charge in [-0.05, 0) is 25.5 Å². The van der Waals surface area contributed by atoms with Crippen LogP contribution in [0.25, 0.3) is 11.0 Å². The maximum Gasteiger partial charge on any atom is 0.201 e. The van der Waals surface area contributed by atoms with Crippen molar-refractivity contribution < 1.29 is 4.74 Å². The lowest BCUT2D eigenvalue weighted by Gasteiger charge is -2.11. The summed E-state index contributed by atoms with van der Waals surface area (Å²) in [4.78, 5) is 7.69. The van der Waals surface area contributed by atoms with Crippen LogP contribution in [0.4, 0.5) is 5.95 Å². The average molecular weight is 219 g/mol. The standard InChI is InChI=1S/C12H17N3O/c1-9(7-8-16-2)13-12-14-10-5-3-4-6-11(10)15-12/h3-6,9H,7-8H2,1-2H3,(H2,13,14,15). The number of hydrogen-bond acceptors (Lipinski definition) is 3. The molecule has 4 heteroatoms. The van der Waals surface area contributed by atoms with Crippen molar-refractivity contribution in [2.24, 2.45) is 0 Å². The summed E-state index contributed by atoms with van der Waals surface area (Å²) < 4.78 is 5.04. The molecule has 1 unspecified atom stereocenters. The zero-order valence-electron chi connectivity index (χ0n) is 9.66. The van der Waals surface area contributed by atoms with Crippen LogP contribution in [0, 0.1) is 0 Å². The summed E-state index contributed by atoms with van der Waals surface area (Å²) in [6, 6.07) is 8.35. The number of para-hydroxylation sites is 2. The van der Waals surface area contributed by atoms with E-state index >= 15 is 0 Å². The monoisotopic (exact) mass is 219 g/mol. The molecule has 0 saturated carbocycles. The van der Waals surface area contributed by atoms with E-state index in [1.807, 2.05) is 24.3 Å². The quantitative estimate of drug-likeness (QED) is 0.811. The second-order valence-electron chi connectivity index (χ2n) is 3.93. The van der Waals surface area contributed by atoms with Crippen LogP contribution in [0.15, 0.2) is 24.3 Å². The number of nitrogens with zero attached hydrogens (tertiary/aromatic N) is 1. The number of ether oxygens (including phenoxy) is 1. The highest BCUT2D eigenvalue weighted by atomic mass is 16.5. The van der Waals surface area contributed by atoms with E-state index in [2.05, 4.69) is 22.2 Å². The zero-order valence-corrected chi connectivity index (χ0v) is 9.66. The molecule has 2 rings (SSSR count). The molecular weight excluding hydrogens is 202 g/mol. The Bertz CT molecular complexity index is 419. The number of anilines is 1. The Morgan fingerprint density at radius 2 is 2.25 bits per heavy atom. The first kappa shape index (κ1) is 11.0. The Labute approximate surface area is 95.0 Å². The fraction of sp³-hybridized carbons (Fsp3) is 0.417. The molecule has 0 fully saturated rings. The van der Waals surface area contributed by atoms with Crippen LogP contribution < -0.4 is 5.32 Å². The maximum absolute atomic E-state index is 5.04. The summed E-state index contributed by atoms with van der Waals surface area (Å²) in [5.74, 6) is 0.824. The number of rotatable bonds is 5. The fourth-order valence-corrected chi connectivity index (χ4v) is 1.62. The Hall–Kier alpha value is -1.55. The number of nitrogens with one attached hydrogen (secondary N) is 2. The predicted octanol–water partition coefficient (Wildman–Crippen LogP) is 2.40. The maximum atomic E-state index is 5.04. The van der Waals surface area contributed by atoms with Gasteiger partial charge in [-0.3, -0.25) is 0 Å². The van der Waals surface area contributed by atoms with Crippen molar-refractivity contribution in [2.75, 3.05) is 19.0 Å². The third-order valence-corrected chi connectivity index (χ3v) is 2.53. The molecule has 0 spiro atoms. The highest BCUT2D eigenvalue weighted by molar-refractivity contribution is 5.77. The lowest BCUT2D eigenvalue weighted by Crippen LogP contribution is -2.17. The van der Waals surface area contributed by atoms with E-state index in [0.717, 1.165) is 30.0 Å². The lowest BCUT2D eigenvalue weighted by molar-refractivity contribution is 0.191. The first-order valence-corrected chi connectivity index (χ1v) is 5.50. The van der Waals surface area contributed by atoms with E-state index < -0.39 is 0 Å². The number of aromatic nitrogens is 2. The molecule has 0 bridgehead atoms. The van der Waals surface area contributed by atoms with Crippen molar-refractivity contribution in [3.05, 3.63) is 24.3 Å². The average Bonchev–Trinajstić information content (AvgIpc) is 2.68. The molecule has 1 aromatic carbocycles. The third kappa shape index (κ3) is 2.52. The smallest absolute Gasteiger partial charge is 0.201 e. The van der Waals surface area contributed by atoms with Gasteiger partial charge >= 0.3 is 0 Å². The number of H-pyrrole nitrogens is 1. The van der Waals surface area contributed by atoms with Gasteiger partial charge in [-0.15, -0.1) is 0 Å². The molecule has 0 saturated heterocycles. The summed E-state index contributed by atoms with van der Waals surface area (Å²) in [6.07, 6.45) is 0.966. The van der Waals surface area contributed by atoms with E-state index in [1.54, 1.807) is 7.11 Å². The molecule has 0 aliphatic carbocycles. The number of hydrogen-bond donors (Lipinski definition) is 2. The molecule has 0 amide bonds. The number of benzene rings is 1. The minimum atomic E-state index is 0.348. The molecule has 2 aromatic rings. The first-order chi connectivity index (χ1) is 7.79. The predicted molar refractivity (Wildman–Crippen MR) is 65.7 cm³/mol. The van der Waals surface area contributed by atoms with Gasteiger partial charge in [-0.1, -0.05) is 12.1 Å². The Kier molecular flexibility index (Phi) is 3.41. The van der Waals surface area contributed by atoms with E-state index in [-0.39, 0.29) is 0 Å². The minimum absolute atomic E-state index is 0.348. The number of methoxy groups -OCH3 is 1. The Morgan fingerprint density at radius 1 is 1.44 bits per heavy atom. The molecule has 16 heavy (non-hydrogen) atoms. The summed E-state index contributed by atoms with van der Waals surface area (Å²) in [5.41, 5.74) is 2.05. The van der Waals surface area contributed by atoms with Gasteiger partial charge in [0.2, 0.25) is 5.95 Å². The zero-order chi connectivity index (χ0) is 11.4. The normalized spacial score (nSPS) is 12.9. The van der Waals surface area contributed by atoms with Gasteiger partial charge in [0.15, 0.2) is 0 Å². The highest BCUT2D eigenvalue weighted by Gasteiger charge is 2.05. The second kappa shape index (κ2) is 4.99. The molecule has 86 valence electrons.